The van der Waals surface area contributed by atoms with Crippen molar-refractivity contribution in [1.29, 1.82) is 0 Å². The second-order valence-corrected chi connectivity index (χ2v) is 8.04. The molecule has 0 spiro atoms. The van der Waals surface area contributed by atoms with Gasteiger partial charge >= 0.3 is 0 Å². The van der Waals surface area contributed by atoms with E-state index in [-0.39, 0.29) is 11.2 Å². The molecular formula is C20H14FN5OS. The van der Waals surface area contributed by atoms with Crippen LogP contribution in [0.15, 0.2) is 34.7 Å². The molecule has 0 radical (unpaired) electrons. The van der Waals surface area contributed by atoms with Gasteiger partial charge in [0.2, 0.25) is 0 Å². The molecule has 0 saturated heterocycles. The molecule has 138 valence electrons. The predicted octanol–water partition coefficient (Wildman–Crippen LogP) is 4.28. The highest BCUT2D eigenvalue weighted by Crippen LogP contribution is 2.47. The van der Waals surface area contributed by atoms with Gasteiger partial charge in [-0.3, -0.25) is 9.89 Å². The lowest BCUT2D eigenvalue weighted by Gasteiger charge is -2.13. The van der Waals surface area contributed by atoms with Gasteiger partial charge in [-0.15, -0.1) is 11.3 Å². The summed E-state index contributed by atoms with van der Waals surface area (Å²) in [5.74, 6) is 0.0876. The Balaban J connectivity index is 1.83. The number of pyridine rings is 1. The minimum Gasteiger partial charge on any atom is -0.394 e. The highest BCUT2D eigenvalue weighted by atomic mass is 32.1. The number of nitrogens with one attached hydrogen (secondary N) is 2. The van der Waals surface area contributed by atoms with E-state index in [4.69, 9.17) is 5.73 Å². The van der Waals surface area contributed by atoms with Crippen molar-refractivity contribution < 1.29 is 4.39 Å². The first kappa shape index (κ1) is 15.8. The van der Waals surface area contributed by atoms with Crippen LogP contribution >= 0.6 is 11.3 Å². The molecule has 1 aliphatic carbocycles. The molecule has 2 aromatic carbocycles. The van der Waals surface area contributed by atoms with Gasteiger partial charge in [-0.25, -0.2) is 9.37 Å². The van der Waals surface area contributed by atoms with Gasteiger partial charge in [-0.05, 0) is 42.0 Å². The summed E-state index contributed by atoms with van der Waals surface area (Å²) in [7, 11) is 0. The molecule has 4 N–H and O–H groups in total. The number of rotatable bonds is 2. The van der Waals surface area contributed by atoms with Crippen LogP contribution in [0, 0.1) is 5.82 Å². The molecule has 1 aliphatic rings. The summed E-state index contributed by atoms with van der Waals surface area (Å²) < 4.78 is 15.1. The van der Waals surface area contributed by atoms with Crippen molar-refractivity contribution in [2.45, 2.75) is 18.8 Å². The number of anilines is 1. The van der Waals surface area contributed by atoms with Crippen molar-refractivity contribution in [3.63, 3.8) is 0 Å². The van der Waals surface area contributed by atoms with Crippen LogP contribution in [0.3, 0.4) is 0 Å². The number of benzene rings is 2. The van der Waals surface area contributed by atoms with Gasteiger partial charge in [0.05, 0.1) is 27.4 Å². The van der Waals surface area contributed by atoms with E-state index in [9.17, 15) is 9.18 Å². The Bertz CT molecular complexity index is 1480. The first-order valence-electron chi connectivity index (χ1n) is 8.97. The topological polar surface area (TPSA) is 100 Å². The third kappa shape index (κ3) is 2.03. The third-order valence-corrected chi connectivity index (χ3v) is 6.35. The number of aromatic amines is 2. The molecule has 1 fully saturated rings. The van der Waals surface area contributed by atoms with Crippen molar-refractivity contribution in [3.8, 4) is 11.1 Å². The molecule has 8 heteroatoms. The van der Waals surface area contributed by atoms with E-state index < -0.39 is 5.82 Å². The Hall–Kier alpha value is -3.26. The number of H-pyrrole nitrogens is 2. The minimum atomic E-state index is -0.396. The zero-order valence-electron chi connectivity index (χ0n) is 14.5. The molecule has 3 aromatic heterocycles. The number of fused-ring (bicyclic) bond motifs is 4. The summed E-state index contributed by atoms with van der Waals surface area (Å²) in [6.07, 6.45) is 3.83. The number of nitrogens with two attached hydrogens (primary N) is 1. The number of thiazole rings is 1. The third-order valence-electron chi connectivity index (χ3n) is 5.51. The van der Waals surface area contributed by atoms with Crippen LogP contribution in [0.5, 0.6) is 0 Å². The smallest absolute Gasteiger partial charge is 0.272 e. The fraction of sp³-hybridized carbons (Fsp3) is 0.150. The number of halogens is 1. The van der Waals surface area contributed by atoms with Crippen molar-refractivity contribution in [2.24, 2.45) is 0 Å². The second kappa shape index (κ2) is 5.39. The van der Waals surface area contributed by atoms with Crippen LogP contribution in [0.2, 0.25) is 0 Å². The van der Waals surface area contributed by atoms with Gasteiger partial charge in [0, 0.05) is 16.3 Å². The summed E-state index contributed by atoms with van der Waals surface area (Å²) >= 11 is 1.50. The Morgan fingerprint density at radius 3 is 2.89 bits per heavy atom. The summed E-state index contributed by atoms with van der Waals surface area (Å²) in [5.41, 5.74) is 12.3. The Kier molecular flexibility index (Phi) is 3.03. The number of aromatic nitrogens is 4. The van der Waals surface area contributed by atoms with E-state index in [1.807, 2.05) is 0 Å². The summed E-state index contributed by atoms with van der Waals surface area (Å²) in [6.45, 7) is 0. The largest absolute Gasteiger partial charge is 0.394 e. The van der Waals surface area contributed by atoms with Crippen LogP contribution in [0.1, 0.15) is 24.3 Å². The quantitative estimate of drug-likeness (QED) is 0.418. The normalized spacial score (nSPS) is 14.5. The molecule has 6 nitrogen and oxygen atoms in total. The maximum Gasteiger partial charge on any atom is 0.272 e. The predicted molar refractivity (Wildman–Crippen MR) is 109 cm³/mol. The van der Waals surface area contributed by atoms with Crippen LogP contribution in [0.25, 0.3) is 43.1 Å². The summed E-state index contributed by atoms with van der Waals surface area (Å²) in [5, 5.41) is 8.11. The lowest BCUT2D eigenvalue weighted by Crippen LogP contribution is -2.13. The molecular weight excluding hydrogens is 377 g/mol. The second-order valence-electron chi connectivity index (χ2n) is 7.19. The first-order chi connectivity index (χ1) is 13.6. The summed E-state index contributed by atoms with van der Waals surface area (Å²) in [4.78, 5) is 20.1. The highest BCUT2D eigenvalue weighted by Gasteiger charge is 2.28. The molecule has 0 bridgehead atoms. The Labute approximate surface area is 161 Å². The van der Waals surface area contributed by atoms with Crippen LogP contribution in [0.4, 0.5) is 10.1 Å². The Morgan fingerprint density at radius 2 is 2.07 bits per heavy atom. The molecule has 6 rings (SSSR count). The van der Waals surface area contributed by atoms with Crippen LogP contribution in [-0.4, -0.2) is 20.2 Å². The number of hydrogen-bond donors (Lipinski definition) is 3. The molecule has 28 heavy (non-hydrogen) atoms. The van der Waals surface area contributed by atoms with E-state index in [2.05, 4.69) is 26.2 Å². The molecule has 0 atom stereocenters. The number of nitrogens with zero attached hydrogens (tertiary/aromatic N) is 2. The number of hydrogen-bond acceptors (Lipinski definition) is 5. The average molecular weight is 391 g/mol. The van der Waals surface area contributed by atoms with Gasteiger partial charge in [0.25, 0.3) is 5.56 Å². The van der Waals surface area contributed by atoms with E-state index in [0.717, 1.165) is 34.0 Å². The lowest BCUT2D eigenvalue weighted by molar-refractivity contribution is 0.636. The SMILES string of the molecule is Nc1c(-c2ccc(F)c3[nH]ncc23)c2cc(C3CC3)c3ncsc3c2[nH]c1=O. The summed E-state index contributed by atoms with van der Waals surface area (Å²) in [6, 6.07) is 5.12. The van der Waals surface area contributed by atoms with Crippen molar-refractivity contribution in [2.75, 3.05) is 5.73 Å². The monoisotopic (exact) mass is 391 g/mol. The zero-order valence-corrected chi connectivity index (χ0v) is 15.4. The van der Waals surface area contributed by atoms with E-state index in [1.54, 1.807) is 17.8 Å². The fourth-order valence-corrected chi connectivity index (χ4v) is 4.85. The number of nitrogen functional groups attached to an aromatic ring is 1. The maximum absolute atomic E-state index is 14.2. The standard InChI is InChI=1S/C20H14FN5OS/c21-13-4-3-9(12-6-24-26-16(12)13)14-11-5-10(8-1-2-8)17-19(28-7-23-17)18(11)25-20(27)15(14)22/h3-8H,1-2,22H2,(H,24,26)(H,25,27). The first-order valence-corrected chi connectivity index (χ1v) is 9.85. The molecule has 0 aliphatic heterocycles. The van der Waals surface area contributed by atoms with Crippen molar-refractivity contribution in [1.82, 2.24) is 20.2 Å². The lowest BCUT2D eigenvalue weighted by atomic mass is 9.94. The molecule has 3 heterocycles. The minimum absolute atomic E-state index is 0.118. The van der Waals surface area contributed by atoms with Gasteiger partial charge in [0.15, 0.2) is 0 Å². The molecule has 1 saturated carbocycles. The molecule has 5 aromatic rings. The average Bonchev–Trinajstić information content (AvgIpc) is 3.19. The van der Waals surface area contributed by atoms with Gasteiger partial charge < -0.3 is 10.7 Å². The molecule has 0 amide bonds. The molecule has 0 unspecified atom stereocenters. The van der Waals surface area contributed by atoms with E-state index >= 15 is 0 Å². The highest BCUT2D eigenvalue weighted by molar-refractivity contribution is 7.17. The Morgan fingerprint density at radius 1 is 1.21 bits per heavy atom. The maximum atomic E-state index is 14.2. The van der Waals surface area contributed by atoms with Gasteiger partial charge in [-0.2, -0.15) is 5.10 Å². The van der Waals surface area contributed by atoms with E-state index in [1.165, 1.54) is 23.0 Å². The van der Waals surface area contributed by atoms with E-state index in [0.29, 0.717) is 27.9 Å². The van der Waals surface area contributed by atoms with Crippen LogP contribution < -0.4 is 11.3 Å². The van der Waals surface area contributed by atoms with Crippen molar-refractivity contribution in [3.05, 3.63) is 51.6 Å². The zero-order chi connectivity index (χ0) is 19.0. The van der Waals surface area contributed by atoms with Gasteiger partial charge in [0.1, 0.15) is 17.0 Å². The fourth-order valence-electron chi connectivity index (χ4n) is 4.02. The van der Waals surface area contributed by atoms with Gasteiger partial charge in [-0.1, -0.05) is 6.07 Å². The van der Waals surface area contributed by atoms with Crippen molar-refractivity contribution >= 4 is 49.0 Å². The van der Waals surface area contributed by atoms with Crippen LogP contribution in [-0.2, 0) is 0 Å².